The van der Waals surface area contributed by atoms with Gasteiger partial charge in [0.25, 0.3) is 0 Å². The largest absolute Gasteiger partial charge is 0.478 e. The molecule has 16 heavy (non-hydrogen) atoms. The predicted octanol–water partition coefficient (Wildman–Crippen LogP) is 2.26. The molecule has 0 saturated carbocycles. The predicted molar refractivity (Wildman–Crippen MR) is 51.1 cm³/mol. The monoisotopic (exact) mass is 233 g/mol. The molecule has 6 heteroatoms. The minimum absolute atomic E-state index is 0.169. The SMILES string of the molecule is Cc1ccc([C@H](N)C(F)(F)F)cc1C(=O)O. The summed E-state index contributed by atoms with van der Waals surface area (Å²) in [6.07, 6.45) is -4.58. The van der Waals surface area contributed by atoms with E-state index >= 15 is 0 Å². The Kier molecular flexibility index (Phi) is 3.23. The van der Waals surface area contributed by atoms with E-state index in [4.69, 9.17) is 10.8 Å². The topological polar surface area (TPSA) is 63.3 Å². The summed E-state index contributed by atoms with van der Waals surface area (Å²) in [7, 11) is 0. The summed E-state index contributed by atoms with van der Waals surface area (Å²) in [5.74, 6) is -1.27. The van der Waals surface area contributed by atoms with E-state index in [9.17, 15) is 18.0 Å². The number of carbonyl (C=O) groups is 1. The second-order valence-corrected chi connectivity index (χ2v) is 3.40. The number of aromatic carboxylic acids is 1. The molecule has 0 saturated heterocycles. The van der Waals surface area contributed by atoms with Crippen molar-refractivity contribution in [2.24, 2.45) is 5.73 Å². The molecule has 0 aliphatic rings. The number of nitrogens with two attached hydrogens (primary N) is 1. The first-order chi connectivity index (χ1) is 7.23. The van der Waals surface area contributed by atoms with E-state index < -0.39 is 18.2 Å². The molecule has 0 radical (unpaired) electrons. The average Bonchev–Trinajstić information content (AvgIpc) is 2.15. The Morgan fingerprint density at radius 3 is 2.44 bits per heavy atom. The Labute approximate surface area is 89.7 Å². The van der Waals surface area contributed by atoms with Crippen LogP contribution >= 0.6 is 0 Å². The standard InChI is InChI=1S/C10H10F3NO2/c1-5-2-3-6(4-7(5)9(15)16)8(14)10(11,12)13/h2-4,8H,14H2,1H3,(H,15,16)/t8-/m0/s1. The fourth-order valence-corrected chi connectivity index (χ4v) is 1.25. The highest BCUT2D eigenvalue weighted by molar-refractivity contribution is 5.89. The maximum absolute atomic E-state index is 12.3. The van der Waals surface area contributed by atoms with Crippen molar-refractivity contribution in [1.82, 2.24) is 0 Å². The molecule has 88 valence electrons. The zero-order chi connectivity index (χ0) is 12.5. The fraction of sp³-hybridized carbons (Fsp3) is 0.300. The number of alkyl halides is 3. The molecule has 0 unspecified atom stereocenters. The Bertz CT molecular complexity index is 415. The van der Waals surface area contributed by atoms with Gasteiger partial charge in [-0.3, -0.25) is 0 Å². The Balaban J connectivity index is 3.18. The summed E-state index contributed by atoms with van der Waals surface area (Å²) in [5.41, 5.74) is 4.94. The zero-order valence-corrected chi connectivity index (χ0v) is 8.38. The van der Waals surface area contributed by atoms with Crippen LogP contribution in [0.5, 0.6) is 0 Å². The lowest BCUT2D eigenvalue weighted by Crippen LogP contribution is -2.28. The van der Waals surface area contributed by atoms with Gasteiger partial charge in [0.2, 0.25) is 0 Å². The van der Waals surface area contributed by atoms with E-state index in [0.29, 0.717) is 5.56 Å². The lowest BCUT2D eigenvalue weighted by Gasteiger charge is -2.16. The lowest BCUT2D eigenvalue weighted by molar-refractivity contribution is -0.149. The summed E-state index contributed by atoms with van der Waals surface area (Å²) in [6.45, 7) is 1.51. The number of carboxylic acid groups (broad SMARTS) is 1. The van der Waals surface area contributed by atoms with Gasteiger partial charge in [-0.1, -0.05) is 12.1 Å². The number of carboxylic acids is 1. The highest BCUT2D eigenvalue weighted by Crippen LogP contribution is 2.31. The molecule has 1 aromatic rings. The van der Waals surface area contributed by atoms with Gasteiger partial charge in [0.15, 0.2) is 0 Å². The molecule has 0 spiro atoms. The van der Waals surface area contributed by atoms with Crippen LogP contribution in [-0.2, 0) is 0 Å². The third-order valence-corrected chi connectivity index (χ3v) is 2.20. The normalized spacial score (nSPS) is 13.6. The Morgan fingerprint density at radius 1 is 1.44 bits per heavy atom. The Morgan fingerprint density at radius 2 is 2.00 bits per heavy atom. The van der Waals surface area contributed by atoms with Crippen LogP contribution in [0.3, 0.4) is 0 Å². The Hall–Kier alpha value is -1.56. The van der Waals surface area contributed by atoms with Gasteiger partial charge in [0, 0.05) is 0 Å². The summed E-state index contributed by atoms with van der Waals surface area (Å²) >= 11 is 0. The third kappa shape index (κ3) is 2.52. The van der Waals surface area contributed by atoms with Crippen LogP contribution in [0.15, 0.2) is 18.2 Å². The van der Waals surface area contributed by atoms with Crippen molar-refractivity contribution in [1.29, 1.82) is 0 Å². The molecule has 3 nitrogen and oxygen atoms in total. The molecule has 0 aliphatic carbocycles. The van der Waals surface area contributed by atoms with Crippen LogP contribution in [0.1, 0.15) is 27.5 Å². The number of hydrogen-bond acceptors (Lipinski definition) is 2. The number of halogens is 3. The average molecular weight is 233 g/mol. The van der Waals surface area contributed by atoms with Crippen molar-refractivity contribution in [3.05, 3.63) is 34.9 Å². The minimum atomic E-state index is -4.58. The van der Waals surface area contributed by atoms with Crippen LogP contribution in [0, 0.1) is 6.92 Å². The summed E-state index contributed by atoms with van der Waals surface area (Å²) < 4.78 is 36.9. The van der Waals surface area contributed by atoms with Crippen molar-refractivity contribution >= 4 is 5.97 Å². The molecule has 0 fully saturated rings. The maximum Gasteiger partial charge on any atom is 0.407 e. The smallest absolute Gasteiger partial charge is 0.407 e. The first-order valence-electron chi connectivity index (χ1n) is 4.39. The van der Waals surface area contributed by atoms with Crippen LogP contribution in [0.4, 0.5) is 13.2 Å². The number of hydrogen-bond donors (Lipinski definition) is 2. The molecule has 0 aliphatic heterocycles. The summed E-state index contributed by atoms with van der Waals surface area (Å²) in [6, 6.07) is 1.28. The van der Waals surface area contributed by atoms with Crippen molar-refractivity contribution in [2.45, 2.75) is 19.1 Å². The van der Waals surface area contributed by atoms with Gasteiger partial charge in [-0.15, -0.1) is 0 Å². The van der Waals surface area contributed by atoms with Gasteiger partial charge < -0.3 is 10.8 Å². The van der Waals surface area contributed by atoms with Crippen molar-refractivity contribution in [3.63, 3.8) is 0 Å². The van der Waals surface area contributed by atoms with Gasteiger partial charge in [-0.2, -0.15) is 13.2 Å². The highest BCUT2D eigenvalue weighted by Gasteiger charge is 2.38. The van der Waals surface area contributed by atoms with Crippen LogP contribution in [0.2, 0.25) is 0 Å². The van der Waals surface area contributed by atoms with Gasteiger partial charge in [-0.25, -0.2) is 4.79 Å². The second-order valence-electron chi connectivity index (χ2n) is 3.40. The zero-order valence-electron chi connectivity index (χ0n) is 8.38. The second kappa shape index (κ2) is 4.13. The molecule has 1 rings (SSSR count). The number of benzene rings is 1. The van der Waals surface area contributed by atoms with Crippen LogP contribution < -0.4 is 5.73 Å². The van der Waals surface area contributed by atoms with Gasteiger partial charge in [0.1, 0.15) is 6.04 Å². The molecule has 0 aromatic heterocycles. The first-order valence-corrected chi connectivity index (χ1v) is 4.39. The van der Waals surface area contributed by atoms with Crippen molar-refractivity contribution in [3.8, 4) is 0 Å². The van der Waals surface area contributed by atoms with Crippen LogP contribution in [0.25, 0.3) is 0 Å². The van der Waals surface area contributed by atoms with Crippen LogP contribution in [-0.4, -0.2) is 17.3 Å². The van der Waals surface area contributed by atoms with Gasteiger partial charge >= 0.3 is 12.1 Å². The molecule has 1 aromatic carbocycles. The maximum atomic E-state index is 12.3. The van der Waals surface area contributed by atoms with E-state index in [2.05, 4.69) is 0 Å². The van der Waals surface area contributed by atoms with E-state index in [1.165, 1.54) is 19.1 Å². The molecule has 0 amide bonds. The fourth-order valence-electron chi connectivity index (χ4n) is 1.25. The number of aryl methyl sites for hydroxylation is 1. The van der Waals surface area contributed by atoms with Crippen molar-refractivity contribution in [2.75, 3.05) is 0 Å². The molecule has 0 bridgehead atoms. The minimum Gasteiger partial charge on any atom is -0.478 e. The van der Waals surface area contributed by atoms with E-state index in [0.717, 1.165) is 6.07 Å². The van der Waals surface area contributed by atoms with Gasteiger partial charge in [-0.05, 0) is 24.1 Å². The molecular weight excluding hydrogens is 223 g/mol. The molecule has 0 heterocycles. The highest BCUT2D eigenvalue weighted by atomic mass is 19.4. The quantitative estimate of drug-likeness (QED) is 0.823. The summed E-state index contributed by atoms with van der Waals surface area (Å²) in [5, 5.41) is 8.75. The molecule has 3 N–H and O–H groups in total. The van der Waals surface area contributed by atoms with E-state index in [1.54, 1.807) is 0 Å². The van der Waals surface area contributed by atoms with E-state index in [1.807, 2.05) is 0 Å². The van der Waals surface area contributed by atoms with Gasteiger partial charge in [0.05, 0.1) is 5.56 Å². The molecule has 1 atom stereocenters. The first kappa shape index (κ1) is 12.5. The van der Waals surface area contributed by atoms with Crippen molar-refractivity contribution < 1.29 is 23.1 Å². The number of rotatable bonds is 2. The third-order valence-electron chi connectivity index (χ3n) is 2.20. The van der Waals surface area contributed by atoms with E-state index in [-0.39, 0.29) is 11.1 Å². The lowest BCUT2D eigenvalue weighted by atomic mass is 10.0. The molecular formula is C10H10F3NO2. The summed E-state index contributed by atoms with van der Waals surface area (Å²) in [4.78, 5) is 10.7.